The molecule has 1 saturated heterocycles. The topological polar surface area (TPSA) is 56.5 Å². The number of nitrogens with zero attached hydrogens (tertiary/aromatic N) is 2. The van der Waals surface area contributed by atoms with Gasteiger partial charge in [0.1, 0.15) is 11.8 Å². The quantitative estimate of drug-likeness (QED) is 0.876. The van der Waals surface area contributed by atoms with Crippen LogP contribution in [0.3, 0.4) is 0 Å². The number of hydrogen-bond donors (Lipinski definition) is 1. The zero-order valence-corrected chi connectivity index (χ0v) is 11.3. The minimum Gasteiger partial charge on any atom is -0.495 e. The Morgan fingerprint density at radius 3 is 3.05 bits per heavy atom. The second kappa shape index (κ2) is 6.55. The van der Waals surface area contributed by atoms with Crippen molar-refractivity contribution in [2.24, 2.45) is 5.92 Å². The molecule has 19 heavy (non-hydrogen) atoms. The van der Waals surface area contributed by atoms with Crippen LogP contribution in [0.1, 0.15) is 24.0 Å². The van der Waals surface area contributed by atoms with Gasteiger partial charge in [0.25, 0.3) is 0 Å². The molecule has 4 heteroatoms. The first-order valence-corrected chi connectivity index (χ1v) is 6.67. The zero-order valence-electron chi connectivity index (χ0n) is 11.3. The fourth-order valence-electron chi connectivity index (χ4n) is 2.67. The van der Waals surface area contributed by atoms with E-state index in [9.17, 15) is 0 Å². The number of rotatable bonds is 5. The largest absolute Gasteiger partial charge is 0.495 e. The summed E-state index contributed by atoms with van der Waals surface area (Å²) < 4.78 is 5.15. The van der Waals surface area contributed by atoms with Crippen LogP contribution in [0.2, 0.25) is 0 Å². The molecule has 0 radical (unpaired) electrons. The van der Waals surface area contributed by atoms with Crippen LogP contribution in [0.5, 0.6) is 5.75 Å². The average Bonchev–Trinajstić information content (AvgIpc) is 2.86. The molecule has 0 bridgehead atoms. The van der Waals surface area contributed by atoms with Crippen molar-refractivity contribution in [3.05, 3.63) is 29.3 Å². The highest BCUT2D eigenvalue weighted by Crippen LogP contribution is 2.23. The van der Waals surface area contributed by atoms with Crippen LogP contribution in [0.25, 0.3) is 0 Å². The molecule has 0 spiro atoms. The van der Waals surface area contributed by atoms with Crippen LogP contribution < -0.4 is 4.74 Å². The zero-order chi connectivity index (χ0) is 13.7. The van der Waals surface area contributed by atoms with Gasteiger partial charge in [-0.3, -0.25) is 4.90 Å². The lowest BCUT2D eigenvalue weighted by Crippen LogP contribution is -2.20. The maximum Gasteiger partial charge on any atom is 0.136 e. The summed E-state index contributed by atoms with van der Waals surface area (Å²) in [6.07, 6.45) is 2.05. The van der Waals surface area contributed by atoms with Gasteiger partial charge < -0.3 is 9.84 Å². The lowest BCUT2D eigenvalue weighted by Gasteiger charge is -2.16. The smallest absolute Gasteiger partial charge is 0.136 e. The van der Waals surface area contributed by atoms with E-state index in [1.165, 1.54) is 0 Å². The number of benzene rings is 1. The van der Waals surface area contributed by atoms with Crippen LogP contribution in [0.4, 0.5) is 0 Å². The average molecular weight is 260 g/mol. The van der Waals surface area contributed by atoms with Crippen LogP contribution in [0.15, 0.2) is 18.2 Å². The minimum atomic E-state index is 0.277. The second-order valence-corrected chi connectivity index (χ2v) is 5.05. The molecule has 4 nitrogen and oxygen atoms in total. The Morgan fingerprint density at radius 1 is 1.53 bits per heavy atom. The predicted molar refractivity (Wildman–Crippen MR) is 72.8 cm³/mol. The number of aliphatic hydroxyl groups is 1. The third-order valence-corrected chi connectivity index (χ3v) is 3.70. The molecule has 1 aliphatic heterocycles. The Hall–Kier alpha value is -1.57. The van der Waals surface area contributed by atoms with E-state index in [0.29, 0.717) is 17.2 Å². The van der Waals surface area contributed by atoms with Crippen LogP contribution in [-0.2, 0) is 6.54 Å². The van der Waals surface area contributed by atoms with Gasteiger partial charge in [0.05, 0.1) is 12.7 Å². The fourth-order valence-corrected chi connectivity index (χ4v) is 2.67. The van der Waals surface area contributed by atoms with Gasteiger partial charge >= 0.3 is 0 Å². The van der Waals surface area contributed by atoms with Crippen LogP contribution in [0, 0.1) is 17.2 Å². The van der Waals surface area contributed by atoms with Crippen molar-refractivity contribution in [2.75, 3.05) is 26.8 Å². The number of nitriles is 1. The molecule has 1 N–H and O–H groups in total. The number of aliphatic hydroxyl groups excluding tert-OH is 1. The van der Waals surface area contributed by atoms with Gasteiger partial charge in [0.15, 0.2) is 0 Å². The van der Waals surface area contributed by atoms with Gasteiger partial charge in [0.2, 0.25) is 0 Å². The SMILES string of the molecule is COc1ccc(CN2CCC(CCO)C2)cc1C#N. The van der Waals surface area contributed by atoms with Gasteiger partial charge in [-0.25, -0.2) is 0 Å². The van der Waals surface area contributed by atoms with E-state index in [2.05, 4.69) is 11.0 Å². The lowest BCUT2D eigenvalue weighted by molar-refractivity contribution is 0.249. The van der Waals surface area contributed by atoms with Crippen molar-refractivity contribution >= 4 is 0 Å². The minimum absolute atomic E-state index is 0.277. The molecular formula is C15H20N2O2. The number of hydrogen-bond acceptors (Lipinski definition) is 4. The monoisotopic (exact) mass is 260 g/mol. The molecule has 0 aromatic heterocycles. The molecule has 2 rings (SSSR count). The molecule has 1 atom stereocenters. The highest BCUT2D eigenvalue weighted by molar-refractivity contribution is 5.45. The molecule has 1 aliphatic rings. The number of likely N-dealkylation sites (tertiary alicyclic amines) is 1. The summed E-state index contributed by atoms with van der Waals surface area (Å²) in [5.41, 5.74) is 1.73. The third-order valence-electron chi connectivity index (χ3n) is 3.70. The fraction of sp³-hybridized carbons (Fsp3) is 0.533. The van der Waals surface area contributed by atoms with Crippen LogP contribution in [-0.4, -0.2) is 36.8 Å². The van der Waals surface area contributed by atoms with Crippen molar-refractivity contribution in [3.63, 3.8) is 0 Å². The van der Waals surface area contributed by atoms with Gasteiger partial charge in [-0.2, -0.15) is 5.26 Å². The molecule has 0 amide bonds. The molecular weight excluding hydrogens is 240 g/mol. The molecule has 1 aromatic carbocycles. The Bertz CT molecular complexity index is 468. The molecule has 0 saturated carbocycles. The first-order chi connectivity index (χ1) is 9.26. The molecule has 1 fully saturated rings. The highest BCUT2D eigenvalue weighted by Gasteiger charge is 2.21. The van der Waals surface area contributed by atoms with Crippen molar-refractivity contribution in [1.82, 2.24) is 4.90 Å². The summed E-state index contributed by atoms with van der Waals surface area (Å²) in [4.78, 5) is 2.38. The van der Waals surface area contributed by atoms with Crippen molar-refractivity contribution < 1.29 is 9.84 Å². The van der Waals surface area contributed by atoms with E-state index >= 15 is 0 Å². The Kier molecular flexibility index (Phi) is 4.78. The Morgan fingerprint density at radius 2 is 2.37 bits per heavy atom. The second-order valence-electron chi connectivity index (χ2n) is 5.05. The summed E-state index contributed by atoms with van der Waals surface area (Å²) >= 11 is 0. The normalized spacial score (nSPS) is 19.3. The molecule has 102 valence electrons. The van der Waals surface area contributed by atoms with E-state index in [0.717, 1.165) is 38.0 Å². The summed E-state index contributed by atoms with van der Waals surface area (Å²) in [7, 11) is 1.58. The van der Waals surface area contributed by atoms with Crippen molar-refractivity contribution in [3.8, 4) is 11.8 Å². The van der Waals surface area contributed by atoms with Crippen molar-refractivity contribution in [1.29, 1.82) is 5.26 Å². The highest BCUT2D eigenvalue weighted by atomic mass is 16.5. The maximum atomic E-state index is 9.08. The van der Waals surface area contributed by atoms with Crippen LogP contribution >= 0.6 is 0 Å². The molecule has 1 aromatic rings. The maximum absolute atomic E-state index is 9.08. The van der Waals surface area contributed by atoms with E-state index in [-0.39, 0.29) is 6.61 Å². The number of methoxy groups -OCH3 is 1. The first kappa shape index (κ1) is 13.9. The third kappa shape index (κ3) is 3.46. The molecule has 1 unspecified atom stereocenters. The van der Waals surface area contributed by atoms with E-state index in [1.54, 1.807) is 7.11 Å². The Labute approximate surface area is 114 Å². The first-order valence-electron chi connectivity index (χ1n) is 6.67. The van der Waals surface area contributed by atoms with Crippen molar-refractivity contribution in [2.45, 2.75) is 19.4 Å². The summed E-state index contributed by atoms with van der Waals surface area (Å²) in [5, 5.41) is 18.0. The molecule has 0 aliphatic carbocycles. The summed E-state index contributed by atoms with van der Waals surface area (Å²) in [6.45, 7) is 3.24. The lowest BCUT2D eigenvalue weighted by atomic mass is 10.1. The molecule has 1 heterocycles. The standard InChI is InChI=1S/C15H20N2O2/c1-19-15-3-2-13(8-14(15)9-16)11-17-6-4-12(10-17)5-7-18/h2-3,8,12,18H,4-7,10-11H2,1H3. The van der Waals surface area contributed by atoms with Gasteiger partial charge in [-0.05, 0) is 43.0 Å². The number of ether oxygens (including phenoxy) is 1. The van der Waals surface area contributed by atoms with E-state index < -0.39 is 0 Å². The van der Waals surface area contributed by atoms with E-state index in [4.69, 9.17) is 15.1 Å². The Balaban J connectivity index is 1.99. The summed E-state index contributed by atoms with van der Waals surface area (Å²) in [6, 6.07) is 7.93. The van der Waals surface area contributed by atoms with Gasteiger partial charge in [-0.15, -0.1) is 0 Å². The summed E-state index contributed by atoms with van der Waals surface area (Å²) in [5.74, 6) is 1.24. The predicted octanol–water partition coefficient (Wildman–Crippen LogP) is 1.77. The van der Waals surface area contributed by atoms with Gasteiger partial charge in [-0.1, -0.05) is 6.07 Å². The van der Waals surface area contributed by atoms with Gasteiger partial charge in [0, 0.05) is 19.7 Å². The van der Waals surface area contributed by atoms with E-state index in [1.807, 2.05) is 18.2 Å².